The summed E-state index contributed by atoms with van der Waals surface area (Å²) in [5.74, 6) is 0.441. The summed E-state index contributed by atoms with van der Waals surface area (Å²) in [7, 11) is 0. The minimum Gasteiger partial charge on any atom is -0.347 e. The van der Waals surface area contributed by atoms with Gasteiger partial charge in [0.2, 0.25) is 0 Å². The summed E-state index contributed by atoms with van der Waals surface area (Å²) < 4.78 is 0.920. The monoisotopic (exact) mass is 428 g/mol. The zero-order valence-corrected chi connectivity index (χ0v) is 15.2. The van der Waals surface area contributed by atoms with Crippen molar-refractivity contribution < 1.29 is 4.79 Å². The second-order valence-corrected chi connectivity index (χ2v) is 6.73. The lowest BCUT2D eigenvalue weighted by Gasteiger charge is -2.36. The van der Waals surface area contributed by atoms with Crippen LogP contribution in [-0.4, -0.2) is 24.5 Å². The summed E-state index contributed by atoms with van der Waals surface area (Å²) in [6.07, 6.45) is 1.09. The van der Waals surface area contributed by atoms with Gasteiger partial charge in [0.25, 0.3) is 5.91 Å². The van der Waals surface area contributed by atoms with Crippen LogP contribution >= 0.6 is 46.6 Å². The molecule has 1 heterocycles. The van der Waals surface area contributed by atoms with Crippen LogP contribution in [0.5, 0.6) is 0 Å². The van der Waals surface area contributed by atoms with Gasteiger partial charge in [-0.1, -0.05) is 18.5 Å². The van der Waals surface area contributed by atoms with Gasteiger partial charge in [-0.2, -0.15) is 0 Å². The topological polar surface area (TPSA) is 41.1 Å². The standard InChI is InChI=1S/C14H18ClIN2O.ClH/c1-8-5-6-17-9(2)13(8)18-14(19)11-7-10(15)3-4-12(11)16;/h3-4,7-9,13,17H,5-6H2,1-2H3,(H,18,19);1H. The van der Waals surface area contributed by atoms with Crippen molar-refractivity contribution in [3.63, 3.8) is 0 Å². The maximum atomic E-state index is 12.4. The Morgan fingerprint density at radius 1 is 1.45 bits per heavy atom. The Hall–Kier alpha value is -0.0400. The molecule has 112 valence electrons. The van der Waals surface area contributed by atoms with E-state index in [9.17, 15) is 4.79 Å². The van der Waals surface area contributed by atoms with E-state index in [1.165, 1.54) is 0 Å². The van der Waals surface area contributed by atoms with Gasteiger partial charge in [-0.15, -0.1) is 12.4 Å². The summed E-state index contributed by atoms with van der Waals surface area (Å²) >= 11 is 8.13. The van der Waals surface area contributed by atoms with Crippen molar-refractivity contribution in [3.05, 3.63) is 32.4 Å². The Bertz CT molecular complexity index is 474. The number of carbonyl (C=O) groups is 1. The van der Waals surface area contributed by atoms with Crippen molar-refractivity contribution >= 4 is 52.5 Å². The van der Waals surface area contributed by atoms with Gasteiger partial charge >= 0.3 is 0 Å². The Morgan fingerprint density at radius 3 is 2.80 bits per heavy atom. The molecule has 2 N–H and O–H groups in total. The smallest absolute Gasteiger partial charge is 0.252 e. The highest BCUT2D eigenvalue weighted by Crippen LogP contribution is 2.20. The van der Waals surface area contributed by atoms with Crippen molar-refractivity contribution in [1.29, 1.82) is 0 Å². The van der Waals surface area contributed by atoms with Gasteiger partial charge in [-0.25, -0.2) is 0 Å². The van der Waals surface area contributed by atoms with Gasteiger partial charge in [-0.05, 0) is 66.6 Å². The van der Waals surface area contributed by atoms with Gasteiger partial charge in [0.1, 0.15) is 0 Å². The average molecular weight is 429 g/mol. The van der Waals surface area contributed by atoms with E-state index >= 15 is 0 Å². The van der Waals surface area contributed by atoms with Crippen LogP contribution in [0.15, 0.2) is 18.2 Å². The molecule has 0 aromatic heterocycles. The van der Waals surface area contributed by atoms with Crippen LogP contribution in [0.25, 0.3) is 0 Å². The van der Waals surface area contributed by atoms with Crippen molar-refractivity contribution in [2.75, 3.05) is 6.54 Å². The predicted molar refractivity (Wildman–Crippen MR) is 93.9 cm³/mol. The Kier molecular flexibility index (Phi) is 7.04. The largest absolute Gasteiger partial charge is 0.347 e. The molecule has 1 aliphatic rings. The maximum absolute atomic E-state index is 12.4. The van der Waals surface area contributed by atoms with Crippen molar-refractivity contribution in [3.8, 4) is 0 Å². The molecule has 20 heavy (non-hydrogen) atoms. The zero-order valence-electron chi connectivity index (χ0n) is 11.5. The molecule has 1 amide bonds. The van der Waals surface area contributed by atoms with Crippen molar-refractivity contribution in [2.45, 2.75) is 32.4 Å². The molecule has 1 aliphatic heterocycles. The van der Waals surface area contributed by atoms with E-state index in [1.807, 2.05) is 6.07 Å². The lowest BCUT2D eigenvalue weighted by Crippen LogP contribution is -2.56. The first-order chi connectivity index (χ1) is 8.99. The van der Waals surface area contributed by atoms with E-state index in [1.54, 1.807) is 12.1 Å². The van der Waals surface area contributed by atoms with Crippen LogP contribution in [-0.2, 0) is 0 Å². The van der Waals surface area contributed by atoms with Gasteiger partial charge in [-0.3, -0.25) is 4.79 Å². The van der Waals surface area contributed by atoms with Gasteiger partial charge in [0.15, 0.2) is 0 Å². The van der Waals surface area contributed by atoms with Crippen molar-refractivity contribution in [2.24, 2.45) is 5.92 Å². The summed E-state index contributed by atoms with van der Waals surface area (Å²) in [4.78, 5) is 12.4. The van der Waals surface area contributed by atoms with E-state index in [2.05, 4.69) is 47.1 Å². The van der Waals surface area contributed by atoms with E-state index in [0.29, 0.717) is 22.5 Å². The molecule has 1 fully saturated rings. The maximum Gasteiger partial charge on any atom is 0.252 e. The second kappa shape index (κ2) is 7.82. The summed E-state index contributed by atoms with van der Waals surface area (Å²) in [6, 6.07) is 5.85. The molecule has 3 nitrogen and oxygen atoms in total. The normalized spacial score (nSPS) is 25.7. The van der Waals surface area contributed by atoms with E-state index in [0.717, 1.165) is 16.5 Å². The number of halogens is 3. The number of hydrogen-bond acceptors (Lipinski definition) is 2. The lowest BCUT2D eigenvalue weighted by molar-refractivity contribution is 0.0896. The Labute approximate surface area is 144 Å². The highest BCUT2D eigenvalue weighted by molar-refractivity contribution is 14.1. The molecule has 0 radical (unpaired) electrons. The fourth-order valence-corrected chi connectivity index (χ4v) is 3.26. The number of amides is 1. The highest BCUT2D eigenvalue weighted by atomic mass is 127. The predicted octanol–water partition coefficient (Wildman–Crippen LogP) is 3.48. The number of carbonyl (C=O) groups excluding carboxylic acids is 1. The fraction of sp³-hybridized carbons (Fsp3) is 0.500. The third kappa shape index (κ3) is 4.23. The van der Waals surface area contributed by atoms with Gasteiger partial charge in [0, 0.05) is 20.7 Å². The zero-order chi connectivity index (χ0) is 14.0. The Morgan fingerprint density at radius 2 is 2.15 bits per heavy atom. The first-order valence-electron chi connectivity index (χ1n) is 6.48. The molecule has 1 aromatic rings. The third-order valence-corrected chi connectivity index (χ3v) is 4.86. The molecule has 1 aromatic carbocycles. The van der Waals surface area contributed by atoms with E-state index in [4.69, 9.17) is 11.6 Å². The summed E-state index contributed by atoms with van der Waals surface area (Å²) in [5.41, 5.74) is 0.651. The molecule has 0 spiro atoms. The SMILES string of the molecule is CC1CCNC(C)C1NC(=O)c1cc(Cl)ccc1I.Cl. The van der Waals surface area contributed by atoms with E-state index in [-0.39, 0.29) is 24.4 Å². The van der Waals surface area contributed by atoms with Gasteiger partial charge in [0.05, 0.1) is 5.56 Å². The second-order valence-electron chi connectivity index (χ2n) is 5.13. The van der Waals surface area contributed by atoms with Crippen LogP contribution in [0.3, 0.4) is 0 Å². The van der Waals surface area contributed by atoms with Crippen molar-refractivity contribution in [1.82, 2.24) is 10.6 Å². The lowest BCUT2D eigenvalue weighted by atomic mass is 9.89. The third-order valence-electron chi connectivity index (χ3n) is 3.69. The molecule has 6 heteroatoms. The number of benzene rings is 1. The number of nitrogens with one attached hydrogen (secondary N) is 2. The first-order valence-corrected chi connectivity index (χ1v) is 7.94. The molecule has 3 atom stereocenters. The quantitative estimate of drug-likeness (QED) is 0.708. The van der Waals surface area contributed by atoms with Crippen LogP contribution in [0.1, 0.15) is 30.6 Å². The molecular weight excluding hydrogens is 410 g/mol. The summed E-state index contributed by atoms with van der Waals surface area (Å²) in [6.45, 7) is 5.32. The summed E-state index contributed by atoms with van der Waals surface area (Å²) in [5, 5.41) is 7.13. The fourth-order valence-electron chi connectivity index (χ4n) is 2.51. The highest BCUT2D eigenvalue weighted by Gasteiger charge is 2.29. The number of rotatable bonds is 2. The number of piperidine rings is 1. The molecule has 0 aliphatic carbocycles. The van der Waals surface area contributed by atoms with Gasteiger partial charge < -0.3 is 10.6 Å². The van der Waals surface area contributed by atoms with Crippen LogP contribution in [0.2, 0.25) is 5.02 Å². The molecule has 0 bridgehead atoms. The molecule has 0 saturated carbocycles. The molecule has 2 rings (SSSR count). The minimum absolute atomic E-state index is 0. The minimum atomic E-state index is -0.0423. The van der Waals surface area contributed by atoms with Crippen LogP contribution in [0, 0.1) is 9.49 Å². The average Bonchev–Trinajstić information content (AvgIpc) is 2.37. The first kappa shape index (κ1) is 18.0. The van der Waals surface area contributed by atoms with Crippen LogP contribution < -0.4 is 10.6 Å². The number of hydrogen-bond donors (Lipinski definition) is 2. The molecular formula is C14H19Cl2IN2O. The Balaban J connectivity index is 0.00000200. The van der Waals surface area contributed by atoms with Crippen LogP contribution in [0.4, 0.5) is 0 Å². The molecule has 3 unspecified atom stereocenters. The molecule has 1 saturated heterocycles. The van der Waals surface area contributed by atoms with E-state index < -0.39 is 0 Å².